The van der Waals surface area contributed by atoms with Crippen LogP contribution in [0.15, 0.2) is 91.0 Å². The number of nitrogens with zero attached hydrogens (tertiary/aromatic N) is 2. The van der Waals surface area contributed by atoms with E-state index >= 15 is 0 Å². The van der Waals surface area contributed by atoms with Crippen LogP contribution in [0.5, 0.6) is 0 Å². The van der Waals surface area contributed by atoms with Gasteiger partial charge in [-0.3, -0.25) is 9.69 Å². The van der Waals surface area contributed by atoms with Gasteiger partial charge >= 0.3 is 0 Å². The molecule has 1 saturated heterocycles. The molecule has 1 amide bonds. The van der Waals surface area contributed by atoms with Gasteiger partial charge in [-0.05, 0) is 42.6 Å². The Morgan fingerprint density at radius 1 is 0.700 bits per heavy atom. The Hall–Kier alpha value is -2.91. The predicted octanol–water partition coefficient (Wildman–Crippen LogP) is 5.13. The number of rotatable bonds is 7. The molecule has 3 aromatic carbocycles. The average molecular weight is 399 g/mol. The largest absolute Gasteiger partial charge is 0.334 e. The Balaban J connectivity index is 1.40. The SMILES string of the molecule is O=C(C1CCN(Cc2ccccc2)CC1)N(Cc1ccccc1)Cc1ccccc1. The van der Waals surface area contributed by atoms with Crippen molar-refractivity contribution in [1.82, 2.24) is 9.80 Å². The van der Waals surface area contributed by atoms with E-state index in [1.807, 2.05) is 41.3 Å². The topological polar surface area (TPSA) is 23.6 Å². The van der Waals surface area contributed by atoms with E-state index in [2.05, 4.69) is 59.5 Å². The Bertz CT molecular complexity index is 862. The van der Waals surface area contributed by atoms with Crippen LogP contribution in [0.1, 0.15) is 29.5 Å². The summed E-state index contributed by atoms with van der Waals surface area (Å²) in [5.41, 5.74) is 3.71. The van der Waals surface area contributed by atoms with Gasteiger partial charge in [0, 0.05) is 25.6 Å². The maximum atomic E-state index is 13.5. The molecule has 4 rings (SSSR count). The van der Waals surface area contributed by atoms with Gasteiger partial charge in [0.1, 0.15) is 0 Å². The van der Waals surface area contributed by atoms with Crippen molar-refractivity contribution in [1.29, 1.82) is 0 Å². The molecule has 3 nitrogen and oxygen atoms in total. The first kappa shape index (κ1) is 20.4. The van der Waals surface area contributed by atoms with Crippen molar-refractivity contribution in [2.45, 2.75) is 32.5 Å². The zero-order valence-electron chi connectivity index (χ0n) is 17.5. The number of carbonyl (C=O) groups excluding carboxylic acids is 1. The zero-order chi connectivity index (χ0) is 20.6. The monoisotopic (exact) mass is 398 g/mol. The molecule has 0 aliphatic carbocycles. The van der Waals surface area contributed by atoms with Crippen LogP contribution in [0.2, 0.25) is 0 Å². The molecule has 0 N–H and O–H groups in total. The molecule has 30 heavy (non-hydrogen) atoms. The minimum absolute atomic E-state index is 0.115. The van der Waals surface area contributed by atoms with Crippen LogP contribution >= 0.6 is 0 Å². The van der Waals surface area contributed by atoms with Crippen molar-refractivity contribution in [3.05, 3.63) is 108 Å². The minimum Gasteiger partial charge on any atom is -0.334 e. The molecule has 1 heterocycles. The average Bonchev–Trinajstić information content (AvgIpc) is 2.81. The van der Waals surface area contributed by atoms with Gasteiger partial charge < -0.3 is 4.90 Å². The van der Waals surface area contributed by atoms with Gasteiger partial charge in [-0.2, -0.15) is 0 Å². The highest BCUT2D eigenvalue weighted by atomic mass is 16.2. The number of benzene rings is 3. The van der Waals surface area contributed by atoms with Crippen LogP contribution in [0, 0.1) is 5.92 Å². The number of amides is 1. The second-order valence-electron chi connectivity index (χ2n) is 8.20. The van der Waals surface area contributed by atoms with Crippen LogP contribution in [0.3, 0.4) is 0 Å². The number of carbonyl (C=O) groups is 1. The maximum absolute atomic E-state index is 13.5. The summed E-state index contributed by atoms with van der Waals surface area (Å²) in [6, 6.07) is 31.2. The number of hydrogen-bond donors (Lipinski definition) is 0. The second-order valence-corrected chi connectivity index (χ2v) is 8.20. The van der Waals surface area contributed by atoms with E-state index in [1.165, 1.54) is 16.7 Å². The van der Waals surface area contributed by atoms with E-state index in [-0.39, 0.29) is 5.92 Å². The standard InChI is InChI=1S/C27H30N2O/c30-27(26-16-18-28(19-17-26)20-23-10-4-1-5-11-23)29(21-24-12-6-2-7-13-24)22-25-14-8-3-9-15-25/h1-15,26H,16-22H2. The summed E-state index contributed by atoms with van der Waals surface area (Å²) < 4.78 is 0. The zero-order valence-corrected chi connectivity index (χ0v) is 17.5. The third kappa shape index (κ3) is 5.58. The molecule has 3 aromatic rings. The Kier molecular flexibility index (Phi) is 6.94. The van der Waals surface area contributed by atoms with Crippen LogP contribution in [-0.4, -0.2) is 28.8 Å². The second kappa shape index (κ2) is 10.2. The molecule has 1 aliphatic heterocycles. The number of piperidine rings is 1. The molecular weight excluding hydrogens is 368 g/mol. The molecule has 1 fully saturated rings. The van der Waals surface area contributed by atoms with Gasteiger partial charge in [0.15, 0.2) is 0 Å². The van der Waals surface area contributed by atoms with Crippen molar-refractivity contribution >= 4 is 5.91 Å². The van der Waals surface area contributed by atoms with E-state index in [9.17, 15) is 4.79 Å². The fourth-order valence-electron chi connectivity index (χ4n) is 4.26. The summed E-state index contributed by atoms with van der Waals surface area (Å²) in [5, 5.41) is 0. The Morgan fingerprint density at radius 3 is 1.60 bits per heavy atom. The van der Waals surface area contributed by atoms with Crippen LogP contribution in [0.4, 0.5) is 0 Å². The first-order valence-corrected chi connectivity index (χ1v) is 10.9. The van der Waals surface area contributed by atoms with Crippen LogP contribution < -0.4 is 0 Å². The summed E-state index contributed by atoms with van der Waals surface area (Å²) in [4.78, 5) is 18.0. The molecular formula is C27H30N2O. The van der Waals surface area contributed by atoms with Gasteiger partial charge in [-0.15, -0.1) is 0 Å². The van der Waals surface area contributed by atoms with Crippen molar-refractivity contribution < 1.29 is 4.79 Å². The van der Waals surface area contributed by atoms with Crippen molar-refractivity contribution in [2.24, 2.45) is 5.92 Å². The van der Waals surface area contributed by atoms with E-state index in [4.69, 9.17) is 0 Å². The summed E-state index contributed by atoms with van der Waals surface area (Å²) in [6.07, 6.45) is 1.87. The highest BCUT2D eigenvalue weighted by Gasteiger charge is 2.28. The fraction of sp³-hybridized carbons (Fsp3) is 0.296. The lowest BCUT2D eigenvalue weighted by Gasteiger charge is -2.34. The molecule has 0 radical (unpaired) electrons. The van der Waals surface area contributed by atoms with E-state index in [0.29, 0.717) is 19.0 Å². The fourth-order valence-corrected chi connectivity index (χ4v) is 4.26. The lowest BCUT2D eigenvalue weighted by atomic mass is 9.94. The van der Waals surface area contributed by atoms with Crippen LogP contribution in [-0.2, 0) is 24.4 Å². The first-order chi connectivity index (χ1) is 14.8. The Labute approximate surface area is 180 Å². The minimum atomic E-state index is 0.115. The third-order valence-corrected chi connectivity index (χ3v) is 5.93. The molecule has 3 heteroatoms. The van der Waals surface area contributed by atoms with E-state index < -0.39 is 0 Å². The summed E-state index contributed by atoms with van der Waals surface area (Å²) in [5.74, 6) is 0.409. The smallest absolute Gasteiger partial charge is 0.226 e. The highest BCUT2D eigenvalue weighted by Crippen LogP contribution is 2.23. The van der Waals surface area contributed by atoms with E-state index in [0.717, 1.165) is 32.5 Å². The van der Waals surface area contributed by atoms with Crippen molar-refractivity contribution in [3.63, 3.8) is 0 Å². The van der Waals surface area contributed by atoms with Crippen molar-refractivity contribution in [3.8, 4) is 0 Å². The molecule has 0 bridgehead atoms. The van der Waals surface area contributed by atoms with Gasteiger partial charge in [-0.25, -0.2) is 0 Å². The van der Waals surface area contributed by atoms with E-state index in [1.54, 1.807) is 0 Å². The lowest BCUT2D eigenvalue weighted by Crippen LogP contribution is -2.41. The number of likely N-dealkylation sites (tertiary alicyclic amines) is 1. The van der Waals surface area contributed by atoms with Gasteiger partial charge in [0.2, 0.25) is 5.91 Å². The molecule has 154 valence electrons. The molecule has 1 aliphatic rings. The Morgan fingerprint density at radius 2 is 1.13 bits per heavy atom. The summed E-state index contributed by atoms with van der Waals surface area (Å²) >= 11 is 0. The maximum Gasteiger partial charge on any atom is 0.226 e. The quantitative estimate of drug-likeness (QED) is 0.551. The van der Waals surface area contributed by atoms with Gasteiger partial charge in [-0.1, -0.05) is 91.0 Å². The van der Waals surface area contributed by atoms with Crippen LogP contribution in [0.25, 0.3) is 0 Å². The van der Waals surface area contributed by atoms with Gasteiger partial charge in [0.25, 0.3) is 0 Å². The lowest BCUT2D eigenvalue weighted by molar-refractivity contribution is -0.138. The number of hydrogen-bond acceptors (Lipinski definition) is 2. The summed E-state index contributed by atoms with van der Waals surface area (Å²) in [6.45, 7) is 4.27. The molecule has 0 aromatic heterocycles. The predicted molar refractivity (Wildman–Crippen MR) is 122 cm³/mol. The normalized spacial score (nSPS) is 15.1. The van der Waals surface area contributed by atoms with Crippen molar-refractivity contribution in [2.75, 3.05) is 13.1 Å². The molecule has 0 unspecified atom stereocenters. The molecule has 0 atom stereocenters. The third-order valence-electron chi connectivity index (χ3n) is 5.93. The highest BCUT2D eigenvalue weighted by molar-refractivity contribution is 5.79. The molecule has 0 spiro atoms. The van der Waals surface area contributed by atoms with Gasteiger partial charge in [0.05, 0.1) is 0 Å². The molecule has 0 saturated carbocycles. The first-order valence-electron chi connectivity index (χ1n) is 10.9. The summed E-state index contributed by atoms with van der Waals surface area (Å²) in [7, 11) is 0.